The minimum absolute atomic E-state index is 0.255. The molecule has 0 saturated heterocycles. The summed E-state index contributed by atoms with van der Waals surface area (Å²) in [6, 6.07) is 15.4. The number of benzene rings is 3. The van der Waals surface area contributed by atoms with E-state index >= 15 is 0 Å². The summed E-state index contributed by atoms with van der Waals surface area (Å²) in [5.41, 5.74) is 4.61. The van der Waals surface area contributed by atoms with Crippen molar-refractivity contribution in [3.8, 4) is 0 Å². The van der Waals surface area contributed by atoms with Gasteiger partial charge in [0.2, 0.25) is 0 Å². The van der Waals surface area contributed by atoms with Gasteiger partial charge < -0.3 is 4.42 Å². The first-order valence-corrected chi connectivity index (χ1v) is 13.6. The molecule has 0 bridgehead atoms. The summed E-state index contributed by atoms with van der Waals surface area (Å²) in [5.74, 6) is 1.63. The second kappa shape index (κ2) is 8.16. The fourth-order valence-corrected chi connectivity index (χ4v) is 6.74. The molecule has 1 aliphatic rings. The molecule has 0 radical (unpaired) electrons. The molecule has 178 valence electrons. The number of anilines is 1. The molecule has 1 aromatic heterocycles. The van der Waals surface area contributed by atoms with Crippen LogP contribution >= 0.6 is 0 Å². The van der Waals surface area contributed by atoms with Gasteiger partial charge in [0, 0.05) is 28.1 Å². The van der Waals surface area contributed by atoms with Gasteiger partial charge in [-0.15, -0.1) is 0 Å². The van der Waals surface area contributed by atoms with E-state index < -0.39 is 10.0 Å². The van der Waals surface area contributed by atoms with E-state index in [9.17, 15) is 8.42 Å². The summed E-state index contributed by atoms with van der Waals surface area (Å²) in [6.45, 7) is 10.7. The lowest BCUT2D eigenvalue weighted by atomic mass is 9.69. The maximum absolute atomic E-state index is 13.5. The van der Waals surface area contributed by atoms with Crippen molar-refractivity contribution in [3.63, 3.8) is 0 Å². The van der Waals surface area contributed by atoms with Crippen molar-refractivity contribution < 1.29 is 12.8 Å². The van der Waals surface area contributed by atoms with Gasteiger partial charge in [-0.25, -0.2) is 8.42 Å². The van der Waals surface area contributed by atoms with Gasteiger partial charge in [-0.1, -0.05) is 63.6 Å². The molecular formula is C29H33NO3S. The van der Waals surface area contributed by atoms with Crippen LogP contribution < -0.4 is 4.72 Å². The minimum Gasteiger partial charge on any atom is -0.460 e. The summed E-state index contributed by atoms with van der Waals surface area (Å²) in [6.07, 6.45) is 4.14. The summed E-state index contributed by atoms with van der Waals surface area (Å²) in [4.78, 5) is 0.315. The predicted octanol–water partition coefficient (Wildman–Crippen LogP) is 7.54. The molecule has 1 N–H and O–H groups in total. The van der Waals surface area contributed by atoms with E-state index in [2.05, 4.69) is 25.5 Å². The number of rotatable bonds is 5. The lowest BCUT2D eigenvalue weighted by molar-refractivity contribution is 0.179. The lowest BCUT2D eigenvalue weighted by Gasteiger charge is -2.36. The third-order valence-electron chi connectivity index (χ3n) is 7.95. The maximum atomic E-state index is 13.5. The molecule has 0 unspecified atom stereocenters. The van der Waals surface area contributed by atoms with E-state index in [4.69, 9.17) is 4.42 Å². The van der Waals surface area contributed by atoms with E-state index in [0.717, 1.165) is 64.3 Å². The molecule has 0 fully saturated rings. The van der Waals surface area contributed by atoms with E-state index in [1.54, 1.807) is 6.07 Å². The van der Waals surface area contributed by atoms with Gasteiger partial charge >= 0.3 is 0 Å². The topological polar surface area (TPSA) is 59.3 Å². The highest BCUT2D eigenvalue weighted by molar-refractivity contribution is 7.92. The highest BCUT2D eigenvalue weighted by atomic mass is 32.2. The van der Waals surface area contributed by atoms with Crippen LogP contribution in [-0.2, 0) is 22.9 Å². The second-order valence-electron chi connectivity index (χ2n) is 10.5. The van der Waals surface area contributed by atoms with Crippen LogP contribution in [0.4, 0.5) is 5.69 Å². The van der Waals surface area contributed by atoms with E-state index in [-0.39, 0.29) is 5.41 Å². The average Bonchev–Trinajstić information content (AvgIpc) is 3.18. The molecule has 0 amide bonds. The van der Waals surface area contributed by atoms with Crippen LogP contribution in [0, 0.1) is 25.2 Å². The van der Waals surface area contributed by atoms with Gasteiger partial charge in [-0.3, -0.25) is 4.72 Å². The fourth-order valence-electron chi connectivity index (χ4n) is 5.33. The summed E-state index contributed by atoms with van der Waals surface area (Å²) in [7, 11) is -3.75. The molecule has 1 atom stereocenters. The Morgan fingerprint density at radius 1 is 1.03 bits per heavy atom. The maximum Gasteiger partial charge on any atom is 0.262 e. The first-order valence-electron chi connectivity index (χ1n) is 12.2. The van der Waals surface area contributed by atoms with Crippen LogP contribution in [0.5, 0.6) is 0 Å². The number of aryl methyl sites for hydroxylation is 3. The zero-order chi connectivity index (χ0) is 24.3. The van der Waals surface area contributed by atoms with Crippen LogP contribution in [-0.4, -0.2) is 8.42 Å². The number of hydrogen-bond acceptors (Lipinski definition) is 3. The molecule has 4 aromatic rings. The Balaban J connectivity index is 1.67. The Bertz CT molecular complexity index is 1510. The van der Waals surface area contributed by atoms with Crippen LogP contribution in [0.1, 0.15) is 56.1 Å². The van der Waals surface area contributed by atoms with Crippen molar-refractivity contribution in [1.29, 1.82) is 0 Å². The molecular weight excluding hydrogens is 442 g/mol. The van der Waals surface area contributed by atoms with Crippen LogP contribution in [0.15, 0.2) is 57.8 Å². The van der Waals surface area contributed by atoms with Crippen molar-refractivity contribution in [2.45, 2.75) is 65.2 Å². The third kappa shape index (κ3) is 3.80. The van der Waals surface area contributed by atoms with Gasteiger partial charge in [-0.2, -0.15) is 0 Å². The SMILES string of the molecule is CCC(C)(C)[C@@H]1CCc2oc3c(cc(NS(=O)(=O)c4cc(C)ccc4C)c4ccccc43)c2C1. The smallest absolute Gasteiger partial charge is 0.262 e. The predicted molar refractivity (Wildman–Crippen MR) is 140 cm³/mol. The van der Waals surface area contributed by atoms with Crippen molar-refractivity contribution >= 4 is 37.5 Å². The van der Waals surface area contributed by atoms with Crippen LogP contribution in [0.2, 0.25) is 0 Å². The molecule has 0 spiro atoms. The molecule has 3 aromatic carbocycles. The number of furan rings is 1. The van der Waals surface area contributed by atoms with Gasteiger partial charge in [0.25, 0.3) is 10.0 Å². The van der Waals surface area contributed by atoms with E-state index in [1.807, 2.05) is 56.3 Å². The van der Waals surface area contributed by atoms with Crippen molar-refractivity contribution in [1.82, 2.24) is 0 Å². The Morgan fingerprint density at radius 3 is 2.50 bits per heavy atom. The zero-order valence-electron chi connectivity index (χ0n) is 20.7. The number of nitrogens with one attached hydrogen (secondary N) is 1. The van der Waals surface area contributed by atoms with Crippen molar-refractivity contribution in [2.75, 3.05) is 4.72 Å². The average molecular weight is 476 g/mol. The highest BCUT2D eigenvalue weighted by Gasteiger charge is 2.34. The Morgan fingerprint density at radius 2 is 1.76 bits per heavy atom. The Labute approximate surface area is 202 Å². The molecule has 1 aliphatic carbocycles. The van der Waals surface area contributed by atoms with E-state index in [1.165, 1.54) is 5.56 Å². The quantitative estimate of drug-likeness (QED) is 0.324. The molecule has 34 heavy (non-hydrogen) atoms. The Kier molecular flexibility index (Phi) is 5.51. The number of sulfonamides is 1. The standard InChI is InChI=1S/C29H33NO3S/c1-6-29(4,5)20-13-14-26-23(16-20)24-17-25(21-9-7-8-10-22(21)28(24)33-26)30-34(31,32)27-15-18(2)11-12-19(27)3/h7-12,15,17,20,30H,6,13-14,16H2,1-5H3/t20-/m1/s1. The molecule has 5 rings (SSSR count). The number of hydrogen-bond donors (Lipinski definition) is 1. The van der Waals surface area contributed by atoms with Crippen LogP contribution in [0.25, 0.3) is 21.7 Å². The fraction of sp³-hybridized carbons (Fsp3) is 0.379. The first kappa shape index (κ1) is 23.0. The highest BCUT2D eigenvalue weighted by Crippen LogP contribution is 2.45. The third-order valence-corrected chi connectivity index (χ3v) is 9.45. The molecule has 4 nitrogen and oxygen atoms in total. The van der Waals surface area contributed by atoms with Gasteiger partial charge in [0.1, 0.15) is 11.3 Å². The molecule has 0 saturated carbocycles. The van der Waals surface area contributed by atoms with Gasteiger partial charge in [0.05, 0.1) is 10.6 Å². The van der Waals surface area contributed by atoms with E-state index in [0.29, 0.717) is 16.5 Å². The monoisotopic (exact) mass is 475 g/mol. The second-order valence-corrected chi connectivity index (χ2v) is 12.2. The minimum atomic E-state index is -3.75. The summed E-state index contributed by atoms with van der Waals surface area (Å²) >= 11 is 0. The lowest BCUT2D eigenvalue weighted by Crippen LogP contribution is -2.28. The van der Waals surface area contributed by atoms with Gasteiger partial charge in [-0.05, 0) is 61.3 Å². The normalized spacial score (nSPS) is 16.7. The van der Waals surface area contributed by atoms with Crippen molar-refractivity contribution in [2.24, 2.45) is 11.3 Å². The molecule has 5 heteroatoms. The zero-order valence-corrected chi connectivity index (χ0v) is 21.5. The first-order chi connectivity index (χ1) is 16.1. The molecule has 1 heterocycles. The largest absolute Gasteiger partial charge is 0.460 e. The van der Waals surface area contributed by atoms with Gasteiger partial charge in [0.15, 0.2) is 0 Å². The summed E-state index contributed by atoms with van der Waals surface area (Å²) in [5, 5.41) is 2.82. The molecule has 0 aliphatic heterocycles. The number of fused-ring (bicyclic) bond motifs is 5. The Hall–Kier alpha value is -2.79. The van der Waals surface area contributed by atoms with Crippen LogP contribution in [0.3, 0.4) is 0 Å². The summed E-state index contributed by atoms with van der Waals surface area (Å²) < 4.78 is 36.3. The van der Waals surface area contributed by atoms with Crippen molar-refractivity contribution in [3.05, 3.63) is 71.0 Å².